The van der Waals surface area contributed by atoms with Crippen molar-refractivity contribution in [1.82, 2.24) is 4.72 Å². The molecular weight excluding hydrogens is 422 g/mol. The third-order valence-electron chi connectivity index (χ3n) is 5.03. The molecule has 0 heterocycles. The molecule has 0 aliphatic heterocycles. The summed E-state index contributed by atoms with van der Waals surface area (Å²) < 4.78 is 3.60. The van der Waals surface area contributed by atoms with Crippen molar-refractivity contribution in [1.29, 1.82) is 5.26 Å². The van der Waals surface area contributed by atoms with E-state index in [0.717, 1.165) is 0 Å². The predicted molar refractivity (Wildman–Crippen MR) is 125 cm³/mol. The molecule has 3 N–H and O–H groups in total. The van der Waals surface area contributed by atoms with Crippen molar-refractivity contribution in [3.8, 4) is 6.07 Å². The van der Waals surface area contributed by atoms with Crippen molar-refractivity contribution in [2.75, 3.05) is 5.32 Å². The number of aromatic carboxylic acids is 1. The van der Waals surface area contributed by atoms with E-state index in [1.165, 1.54) is 52.6 Å². The molecular formula is C25H23N3O3S. The molecule has 7 heteroatoms. The Morgan fingerprint density at radius 2 is 1.97 bits per heavy atom. The number of aryl methyl sites for hydroxylation is 2. The zero-order valence-corrected chi connectivity index (χ0v) is 18.4. The van der Waals surface area contributed by atoms with Crippen molar-refractivity contribution in [2.45, 2.75) is 30.7 Å². The maximum Gasteiger partial charge on any atom is 0.337 e. The van der Waals surface area contributed by atoms with Crippen LogP contribution in [0.1, 0.15) is 45.1 Å². The number of anilines is 1. The number of carbonyl (C=O) groups is 2. The van der Waals surface area contributed by atoms with Gasteiger partial charge in [-0.1, -0.05) is 36.4 Å². The smallest absolute Gasteiger partial charge is 0.337 e. The summed E-state index contributed by atoms with van der Waals surface area (Å²) in [7, 11) is 0. The minimum Gasteiger partial charge on any atom is -0.478 e. The first-order chi connectivity index (χ1) is 15.5. The maximum atomic E-state index is 10.7. The third kappa shape index (κ3) is 5.97. The number of nitriles is 1. The van der Waals surface area contributed by atoms with Crippen LogP contribution in [0.2, 0.25) is 0 Å². The molecule has 1 atom stereocenters. The number of carboxylic acid groups (broad SMARTS) is 1. The number of carbonyl (C=O) groups excluding carboxylic acids is 1. The Morgan fingerprint density at radius 3 is 2.69 bits per heavy atom. The summed E-state index contributed by atoms with van der Waals surface area (Å²) in [4.78, 5) is 22.1. The van der Waals surface area contributed by atoms with Crippen LogP contribution in [0.25, 0.3) is 0 Å². The van der Waals surface area contributed by atoms with Crippen LogP contribution in [-0.2, 0) is 11.2 Å². The lowest BCUT2D eigenvalue weighted by molar-refractivity contribution is -0.105. The highest BCUT2D eigenvalue weighted by atomic mass is 32.2. The summed E-state index contributed by atoms with van der Waals surface area (Å²) in [6.45, 7) is 2.13. The molecule has 0 radical (unpaired) electrons. The molecule has 1 amide bonds. The minimum atomic E-state index is -1.19. The van der Waals surface area contributed by atoms with Gasteiger partial charge in [0.25, 0.3) is 0 Å². The molecule has 1 aliphatic rings. The molecule has 4 rings (SSSR count). The van der Waals surface area contributed by atoms with E-state index < -0.39 is 5.97 Å². The fraction of sp³-hybridized carbons (Fsp3) is 0.160. The van der Waals surface area contributed by atoms with Gasteiger partial charge in [0.05, 0.1) is 22.9 Å². The second kappa shape index (κ2) is 11.1. The topological polar surface area (TPSA) is 102 Å². The van der Waals surface area contributed by atoms with Gasteiger partial charge in [-0.25, -0.2) is 4.79 Å². The Hall–Kier alpha value is -3.60. The van der Waals surface area contributed by atoms with E-state index in [9.17, 15) is 9.59 Å². The fourth-order valence-electron chi connectivity index (χ4n) is 3.48. The second-order valence-electron chi connectivity index (χ2n) is 7.27. The van der Waals surface area contributed by atoms with Gasteiger partial charge in [0.15, 0.2) is 0 Å². The molecule has 6 nitrogen and oxygen atoms in total. The molecule has 0 fully saturated rings. The number of fused-ring (bicyclic) bond motifs is 1. The molecule has 1 unspecified atom stereocenters. The molecule has 3 aromatic rings. The molecule has 0 bridgehead atoms. The minimum absolute atomic E-state index is 0.101. The molecule has 162 valence electrons. The monoisotopic (exact) mass is 445 g/mol. The van der Waals surface area contributed by atoms with Gasteiger partial charge < -0.3 is 10.4 Å². The Balaban J connectivity index is 0.000000188. The number of amides is 1. The molecule has 0 spiro atoms. The van der Waals surface area contributed by atoms with Crippen molar-refractivity contribution in [2.24, 2.45) is 0 Å². The Kier molecular flexibility index (Phi) is 8.03. The largest absolute Gasteiger partial charge is 0.478 e. The van der Waals surface area contributed by atoms with Crippen LogP contribution in [0.5, 0.6) is 0 Å². The maximum absolute atomic E-state index is 10.7. The molecule has 0 aromatic heterocycles. The van der Waals surface area contributed by atoms with Crippen LogP contribution in [-0.4, -0.2) is 17.5 Å². The lowest BCUT2D eigenvalue weighted by Crippen LogP contribution is -2.10. The average Bonchev–Trinajstić information content (AvgIpc) is 3.22. The van der Waals surface area contributed by atoms with Gasteiger partial charge in [0.1, 0.15) is 0 Å². The fourth-order valence-corrected chi connectivity index (χ4v) is 4.39. The highest BCUT2D eigenvalue weighted by Gasteiger charge is 2.21. The van der Waals surface area contributed by atoms with Gasteiger partial charge >= 0.3 is 5.97 Å². The number of hydrogen-bond donors (Lipinski definition) is 3. The second-order valence-corrected chi connectivity index (χ2v) is 8.18. The molecule has 0 saturated carbocycles. The van der Waals surface area contributed by atoms with Crippen molar-refractivity contribution in [3.05, 3.63) is 94.5 Å². The summed E-state index contributed by atoms with van der Waals surface area (Å²) in [5.41, 5.74) is 4.59. The van der Waals surface area contributed by atoms with Crippen LogP contribution < -0.4 is 10.0 Å². The summed E-state index contributed by atoms with van der Waals surface area (Å²) in [6.07, 6.45) is 2.79. The molecule has 1 aliphatic carbocycles. The number of rotatable bonds is 6. The number of nitrogens with zero attached hydrogens (tertiary/aromatic N) is 1. The summed E-state index contributed by atoms with van der Waals surface area (Å²) in [5, 5.41) is 19.5. The standard InChI is InChI=1S/C16H17NS.C9H6N2O3/c1-12-5-4-7-14(11-12)18-17-16-10-9-13-6-2-3-8-15(13)16;10-4-6-1-2-8(11-5-12)7(3-6)9(13)14/h2-8,11,16-17H,9-10H2,1H3;1-3,5H,(H,11,12)(H,13,14). The van der Waals surface area contributed by atoms with E-state index in [1.54, 1.807) is 11.9 Å². The van der Waals surface area contributed by atoms with Gasteiger partial charge in [-0.05, 0) is 78.7 Å². The van der Waals surface area contributed by atoms with Crippen LogP contribution in [0.15, 0.2) is 71.6 Å². The summed E-state index contributed by atoms with van der Waals surface area (Å²) in [5.74, 6) is -1.19. The average molecular weight is 446 g/mol. The number of nitrogens with one attached hydrogen (secondary N) is 2. The number of benzene rings is 3. The zero-order chi connectivity index (χ0) is 22.9. The van der Waals surface area contributed by atoms with Gasteiger partial charge in [-0.2, -0.15) is 5.26 Å². The van der Waals surface area contributed by atoms with E-state index in [4.69, 9.17) is 10.4 Å². The van der Waals surface area contributed by atoms with Crippen LogP contribution in [0, 0.1) is 18.3 Å². The lowest BCUT2D eigenvalue weighted by Gasteiger charge is -2.13. The van der Waals surface area contributed by atoms with Crippen LogP contribution in [0.4, 0.5) is 5.69 Å². The van der Waals surface area contributed by atoms with E-state index in [1.807, 2.05) is 6.07 Å². The Bertz CT molecular complexity index is 1160. The highest BCUT2D eigenvalue weighted by molar-refractivity contribution is 7.97. The van der Waals surface area contributed by atoms with Gasteiger partial charge in [-0.3, -0.25) is 9.52 Å². The highest BCUT2D eigenvalue weighted by Crippen LogP contribution is 2.33. The van der Waals surface area contributed by atoms with E-state index in [2.05, 4.69) is 65.5 Å². The van der Waals surface area contributed by atoms with Crippen LogP contribution >= 0.6 is 11.9 Å². The quantitative estimate of drug-likeness (QED) is 0.360. The lowest BCUT2D eigenvalue weighted by atomic mass is 10.1. The predicted octanol–water partition coefficient (Wildman–Crippen LogP) is 5.10. The van der Waals surface area contributed by atoms with E-state index in [-0.39, 0.29) is 16.8 Å². The van der Waals surface area contributed by atoms with Crippen molar-refractivity contribution in [3.63, 3.8) is 0 Å². The first-order valence-electron chi connectivity index (χ1n) is 10.1. The van der Waals surface area contributed by atoms with Gasteiger partial charge in [0.2, 0.25) is 6.41 Å². The van der Waals surface area contributed by atoms with Crippen molar-refractivity contribution >= 4 is 30.0 Å². The summed E-state index contributed by atoms with van der Waals surface area (Å²) >= 11 is 1.75. The Morgan fingerprint density at radius 1 is 1.16 bits per heavy atom. The normalized spacial score (nSPS) is 13.8. The van der Waals surface area contributed by atoms with E-state index in [0.29, 0.717) is 12.5 Å². The van der Waals surface area contributed by atoms with Crippen molar-refractivity contribution < 1.29 is 14.7 Å². The molecule has 32 heavy (non-hydrogen) atoms. The van der Waals surface area contributed by atoms with Gasteiger partial charge in [0, 0.05) is 10.9 Å². The van der Waals surface area contributed by atoms with Gasteiger partial charge in [-0.15, -0.1) is 0 Å². The van der Waals surface area contributed by atoms with E-state index >= 15 is 0 Å². The molecule has 0 saturated heterocycles. The Labute approximate surface area is 191 Å². The van der Waals surface area contributed by atoms with Crippen LogP contribution in [0.3, 0.4) is 0 Å². The summed E-state index contributed by atoms with van der Waals surface area (Å²) in [6, 6.07) is 23.7. The number of hydrogen-bond acceptors (Lipinski definition) is 5. The molecule has 3 aromatic carbocycles. The zero-order valence-electron chi connectivity index (χ0n) is 17.5. The first-order valence-corrected chi connectivity index (χ1v) is 10.9. The SMILES string of the molecule is Cc1cccc(SNC2CCc3ccccc32)c1.N#Cc1ccc(NC=O)c(C(=O)O)c1. The number of carboxylic acids is 1. The first kappa shape index (κ1) is 23.1. The third-order valence-corrected chi connectivity index (χ3v) is 5.93.